The number of sulfonamides is 1. The molecule has 3 rings (SSSR count). The van der Waals surface area contributed by atoms with Gasteiger partial charge >= 0.3 is 0 Å². The summed E-state index contributed by atoms with van der Waals surface area (Å²) < 4.78 is 23.4. The van der Waals surface area contributed by atoms with Crippen molar-refractivity contribution >= 4 is 62.2 Å². The third kappa shape index (κ3) is 7.48. The number of rotatable bonds is 9. The van der Waals surface area contributed by atoms with E-state index in [4.69, 9.17) is 28.3 Å². The molecule has 0 bridgehead atoms. The van der Waals surface area contributed by atoms with Gasteiger partial charge in [0.15, 0.2) is 0 Å². The summed E-state index contributed by atoms with van der Waals surface area (Å²) in [6.07, 6.45) is 0.778. The fourth-order valence-electron chi connectivity index (χ4n) is 2.63. The van der Waals surface area contributed by atoms with E-state index in [9.17, 15) is 13.2 Å². The fourth-order valence-corrected chi connectivity index (χ4v) is 5.55. The molecule has 0 aliphatic heterocycles. The van der Waals surface area contributed by atoms with Gasteiger partial charge in [0.2, 0.25) is 15.9 Å². The minimum absolute atomic E-state index is 0.0656. The maximum atomic E-state index is 12.2. The average molecular weight is 516 g/mol. The molecule has 0 aliphatic rings. The predicted molar refractivity (Wildman–Crippen MR) is 126 cm³/mol. The van der Waals surface area contributed by atoms with Crippen LogP contribution in [-0.4, -0.2) is 25.9 Å². The molecule has 0 radical (unpaired) electrons. The number of carbonyl (C=O) groups is 1. The van der Waals surface area contributed by atoms with Crippen LogP contribution in [0.4, 0.5) is 0 Å². The van der Waals surface area contributed by atoms with Gasteiger partial charge in [0, 0.05) is 27.7 Å². The first-order valence-electron chi connectivity index (χ1n) is 9.10. The summed E-state index contributed by atoms with van der Waals surface area (Å²) in [4.78, 5) is 16.7. The molecule has 31 heavy (non-hydrogen) atoms. The van der Waals surface area contributed by atoms with Crippen LogP contribution in [0.25, 0.3) is 0 Å². The predicted octanol–water partition coefficient (Wildman–Crippen LogP) is 4.29. The number of amides is 1. The summed E-state index contributed by atoms with van der Waals surface area (Å²) in [5.74, 6) is 0.545. The zero-order valence-electron chi connectivity index (χ0n) is 16.2. The summed E-state index contributed by atoms with van der Waals surface area (Å²) in [5, 5.41) is 11.0. The number of nitrogens with one attached hydrogen (secondary N) is 1. The van der Waals surface area contributed by atoms with Crippen LogP contribution >= 0.6 is 46.3 Å². The molecule has 0 saturated carbocycles. The number of primary sulfonamides is 1. The van der Waals surface area contributed by atoms with Crippen molar-refractivity contribution in [2.75, 3.05) is 6.54 Å². The van der Waals surface area contributed by atoms with Gasteiger partial charge in [-0.1, -0.05) is 53.2 Å². The summed E-state index contributed by atoms with van der Waals surface area (Å²) in [5.41, 5.74) is 2.59. The number of thioether (sulfide) groups is 1. The topological polar surface area (TPSA) is 102 Å². The van der Waals surface area contributed by atoms with Crippen LogP contribution in [0.5, 0.6) is 0 Å². The first kappa shape index (κ1) is 24.0. The van der Waals surface area contributed by atoms with Gasteiger partial charge < -0.3 is 5.32 Å². The summed E-state index contributed by atoms with van der Waals surface area (Å²) >= 11 is 15.1. The lowest BCUT2D eigenvalue weighted by molar-refractivity contribution is -0.120. The van der Waals surface area contributed by atoms with E-state index in [1.54, 1.807) is 36.0 Å². The molecule has 1 heterocycles. The van der Waals surface area contributed by atoms with Crippen molar-refractivity contribution in [3.8, 4) is 0 Å². The number of hydrogen-bond acceptors (Lipinski definition) is 6. The van der Waals surface area contributed by atoms with Gasteiger partial charge in [-0.15, -0.1) is 11.3 Å². The van der Waals surface area contributed by atoms with E-state index < -0.39 is 10.0 Å². The summed E-state index contributed by atoms with van der Waals surface area (Å²) in [6, 6.07) is 11.7. The first-order chi connectivity index (χ1) is 14.7. The number of thiazole rings is 1. The summed E-state index contributed by atoms with van der Waals surface area (Å²) in [6.45, 7) is 0.439. The molecule has 6 nitrogen and oxygen atoms in total. The molecule has 0 aliphatic carbocycles. The largest absolute Gasteiger partial charge is 0.355 e. The second-order valence-corrected chi connectivity index (χ2v) is 11.1. The van der Waals surface area contributed by atoms with Gasteiger partial charge in [-0.25, -0.2) is 18.5 Å². The Morgan fingerprint density at radius 3 is 2.58 bits per heavy atom. The van der Waals surface area contributed by atoms with Crippen molar-refractivity contribution in [1.29, 1.82) is 0 Å². The average Bonchev–Trinajstić information content (AvgIpc) is 3.14. The van der Waals surface area contributed by atoms with Gasteiger partial charge in [-0.3, -0.25) is 4.79 Å². The van der Waals surface area contributed by atoms with Gasteiger partial charge in [0.25, 0.3) is 0 Å². The Bertz CT molecular complexity index is 1170. The van der Waals surface area contributed by atoms with Crippen LogP contribution in [0.1, 0.15) is 16.8 Å². The molecule has 11 heteroatoms. The van der Waals surface area contributed by atoms with Crippen molar-refractivity contribution in [2.45, 2.75) is 27.8 Å². The van der Waals surface area contributed by atoms with E-state index in [1.165, 1.54) is 23.5 Å². The van der Waals surface area contributed by atoms with Crippen molar-refractivity contribution in [3.05, 3.63) is 74.7 Å². The van der Waals surface area contributed by atoms with Gasteiger partial charge in [-0.2, -0.15) is 0 Å². The smallest absolute Gasteiger partial charge is 0.238 e. The molecule has 1 aromatic heterocycles. The highest BCUT2D eigenvalue weighted by Gasteiger charge is 2.10. The van der Waals surface area contributed by atoms with E-state index in [2.05, 4.69) is 10.3 Å². The zero-order chi connectivity index (χ0) is 22.4. The zero-order valence-corrected chi connectivity index (χ0v) is 20.1. The van der Waals surface area contributed by atoms with Crippen molar-refractivity contribution < 1.29 is 13.2 Å². The Morgan fingerprint density at radius 2 is 1.90 bits per heavy atom. The number of halogens is 2. The number of benzene rings is 2. The maximum absolute atomic E-state index is 12.2. The Hall–Kier alpha value is -1.62. The molecule has 0 saturated heterocycles. The monoisotopic (exact) mass is 515 g/mol. The first-order valence-corrected chi connectivity index (χ1v) is 13.3. The van der Waals surface area contributed by atoms with E-state index in [0.717, 1.165) is 15.5 Å². The van der Waals surface area contributed by atoms with Crippen LogP contribution in [-0.2, 0) is 33.4 Å². The quantitative estimate of drug-likeness (QED) is 0.413. The molecule has 164 valence electrons. The molecule has 2 aromatic carbocycles. The Morgan fingerprint density at radius 1 is 1.16 bits per heavy atom. The van der Waals surface area contributed by atoms with Crippen molar-refractivity contribution in [3.63, 3.8) is 0 Å². The van der Waals surface area contributed by atoms with Gasteiger partial charge in [0.05, 0.1) is 17.0 Å². The number of carbonyl (C=O) groups excluding carboxylic acids is 1. The van der Waals surface area contributed by atoms with Crippen LogP contribution in [0, 0.1) is 0 Å². The van der Waals surface area contributed by atoms with Crippen LogP contribution in [0.3, 0.4) is 0 Å². The highest BCUT2D eigenvalue weighted by atomic mass is 35.5. The number of aromatic nitrogens is 1. The molecular weight excluding hydrogens is 497 g/mol. The fraction of sp³-hybridized carbons (Fsp3) is 0.200. The maximum Gasteiger partial charge on any atom is 0.238 e. The lowest BCUT2D eigenvalue weighted by atomic mass is 10.1. The SMILES string of the molecule is NS(=O)(=O)c1ccc(CCNC(=O)Cc2csc(SCc3ccc(Cl)cc3Cl)n2)cc1. The number of nitrogens with two attached hydrogens (primary N) is 1. The third-order valence-electron chi connectivity index (χ3n) is 4.23. The van der Waals surface area contributed by atoms with E-state index in [-0.39, 0.29) is 17.2 Å². The van der Waals surface area contributed by atoms with E-state index >= 15 is 0 Å². The van der Waals surface area contributed by atoms with Crippen LogP contribution in [0.15, 0.2) is 57.1 Å². The van der Waals surface area contributed by atoms with Crippen molar-refractivity contribution in [1.82, 2.24) is 10.3 Å². The number of hydrogen-bond donors (Lipinski definition) is 2. The van der Waals surface area contributed by atoms with Gasteiger partial charge in [0.1, 0.15) is 4.34 Å². The standard InChI is InChI=1S/C20H19Cl2N3O3S3/c21-15-4-3-14(18(22)9-15)11-29-20-25-16(12-30-20)10-19(26)24-8-7-13-1-5-17(6-2-13)31(23,27)28/h1-6,9,12H,7-8,10-11H2,(H,24,26)(H2,23,27,28). The second-order valence-electron chi connectivity index (χ2n) is 6.59. The van der Waals surface area contributed by atoms with E-state index in [1.807, 2.05) is 11.4 Å². The molecule has 0 unspecified atom stereocenters. The molecule has 0 atom stereocenters. The minimum atomic E-state index is -3.70. The lowest BCUT2D eigenvalue weighted by Gasteiger charge is -2.05. The van der Waals surface area contributed by atoms with Crippen LogP contribution in [0.2, 0.25) is 10.0 Å². The Labute approximate surface area is 199 Å². The lowest BCUT2D eigenvalue weighted by Crippen LogP contribution is -2.27. The molecule has 0 fully saturated rings. The van der Waals surface area contributed by atoms with Gasteiger partial charge in [-0.05, 0) is 41.8 Å². The molecule has 3 aromatic rings. The van der Waals surface area contributed by atoms with E-state index in [0.29, 0.717) is 34.5 Å². The summed E-state index contributed by atoms with van der Waals surface area (Å²) in [7, 11) is -3.70. The highest BCUT2D eigenvalue weighted by Crippen LogP contribution is 2.30. The number of nitrogens with zero attached hydrogens (tertiary/aromatic N) is 1. The highest BCUT2D eigenvalue weighted by molar-refractivity contribution is 8.00. The molecule has 0 spiro atoms. The normalized spacial score (nSPS) is 11.5. The molecule has 3 N–H and O–H groups in total. The molecule has 1 amide bonds. The Kier molecular flexibility index (Phi) is 8.37. The Balaban J connectivity index is 1.43. The molecular formula is C20H19Cl2N3O3S3. The second kappa shape index (κ2) is 10.8. The minimum Gasteiger partial charge on any atom is -0.355 e. The van der Waals surface area contributed by atoms with Crippen LogP contribution < -0.4 is 10.5 Å². The van der Waals surface area contributed by atoms with Crippen molar-refractivity contribution in [2.24, 2.45) is 5.14 Å². The third-order valence-corrected chi connectivity index (χ3v) is 7.86.